The molecule has 0 radical (unpaired) electrons. The van der Waals surface area contributed by atoms with Crippen LogP contribution in [0.15, 0.2) is 60.0 Å². The molecule has 2 fully saturated rings. The maximum Gasteiger partial charge on any atom is 0.147 e. The lowest BCUT2D eigenvalue weighted by molar-refractivity contribution is 0.132. The number of likely N-dealkylation sites (tertiary alicyclic amines) is 1. The zero-order valence-corrected chi connectivity index (χ0v) is 22.6. The van der Waals surface area contributed by atoms with E-state index < -0.39 is 0 Å². The van der Waals surface area contributed by atoms with Crippen molar-refractivity contribution in [1.82, 2.24) is 14.8 Å². The average molecular weight is 527 g/mol. The third-order valence-corrected chi connectivity index (χ3v) is 7.34. The van der Waals surface area contributed by atoms with Crippen molar-refractivity contribution in [2.24, 2.45) is 10.7 Å². The van der Waals surface area contributed by atoms with E-state index in [1.807, 2.05) is 18.2 Å². The molecule has 37 heavy (non-hydrogen) atoms. The van der Waals surface area contributed by atoms with Crippen LogP contribution in [0.5, 0.6) is 0 Å². The van der Waals surface area contributed by atoms with E-state index in [1.54, 1.807) is 32.4 Å². The first-order valence-corrected chi connectivity index (χ1v) is 13.0. The predicted octanol–water partition coefficient (Wildman–Crippen LogP) is 4.67. The number of nitrogens with zero attached hydrogens (tertiary/aromatic N) is 5. The highest BCUT2D eigenvalue weighted by Crippen LogP contribution is 2.27. The van der Waals surface area contributed by atoms with Crippen molar-refractivity contribution in [1.29, 1.82) is 0 Å². The molecule has 3 heterocycles. The highest BCUT2D eigenvalue weighted by Gasteiger charge is 2.29. The number of methoxy groups -OCH3 is 1. The van der Waals surface area contributed by atoms with E-state index in [0.29, 0.717) is 35.3 Å². The molecular weight excluding hydrogens is 491 g/mol. The van der Waals surface area contributed by atoms with Gasteiger partial charge in [-0.15, -0.1) is 0 Å². The molecule has 0 amide bonds. The number of hydrogen-bond donors (Lipinski definition) is 1. The van der Waals surface area contributed by atoms with Gasteiger partial charge in [0.2, 0.25) is 0 Å². The average Bonchev–Trinajstić information content (AvgIpc) is 3.34. The Morgan fingerprint density at radius 2 is 2.11 bits per heavy atom. The van der Waals surface area contributed by atoms with Gasteiger partial charge in [0, 0.05) is 57.3 Å². The minimum atomic E-state index is -0.255. The Bertz CT molecular complexity index is 1190. The van der Waals surface area contributed by atoms with Crippen LogP contribution in [0, 0.1) is 12.7 Å². The molecule has 198 valence electrons. The molecule has 1 aromatic heterocycles. The zero-order chi connectivity index (χ0) is 26.5. The van der Waals surface area contributed by atoms with E-state index in [-0.39, 0.29) is 17.9 Å². The van der Waals surface area contributed by atoms with E-state index in [2.05, 4.69) is 33.2 Å². The minimum Gasteiger partial charge on any atom is -0.398 e. The molecule has 2 aromatic rings. The molecule has 0 aliphatic carbocycles. The summed E-state index contributed by atoms with van der Waals surface area (Å²) in [5.41, 5.74) is 8.36. The van der Waals surface area contributed by atoms with Gasteiger partial charge in [-0.2, -0.15) is 0 Å². The Kier molecular flexibility index (Phi) is 8.71. The lowest BCUT2D eigenvalue weighted by atomic mass is 10.1. The molecule has 0 spiro atoms. The van der Waals surface area contributed by atoms with Crippen molar-refractivity contribution >= 4 is 29.0 Å². The number of amidine groups is 1. The Hall–Kier alpha value is -3.10. The molecule has 1 aromatic carbocycles. The molecule has 0 saturated carbocycles. The normalized spacial score (nSPS) is 21.1. The molecule has 2 aliphatic heterocycles. The summed E-state index contributed by atoms with van der Waals surface area (Å²) in [7, 11) is 1.72. The van der Waals surface area contributed by atoms with Crippen LogP contribution in [0.1, 0.15) is 30.9 Å². The fourth-order valence-electron chi connectivity index (χ4n) is 5.06. The lowest BCUT2D eigenvalue weighted by Gasteiger charge is -2.42. The maximum absolute atomic E-state index is 13.9. The molecule has 2 atom stereocenters. The predicted molar refractivity (Wildman–Crippen MR) is 149 cm³/mol. The summed E-state index contributed by atoms with van der Waals surface area (Å²) in [4.78, 5) is 16.1. The van der Waals surface area contributed by atoms with Gasteiger partial charge in [-0.3, -0.25) is 0 Å². The molecule has 9 heteroatoms. The number of benzene rings is 1. The smallest absolute Gasteiger partial charge is 0.147 e. The molecule has 7 nitrogen and oxygen atoms in total. The van der Waals surface area contributed by atoms with Crippen LogP contribution < -0.4 is 10.6 Å². The van der Waals surface area contributed by atoms with Crippen LogP contribution >= 0.6 is 11.6 Å². The van der Waals surface area contributed by atoms with Gasteiger partial charge >= 0.3 is 0 Å². The van der Waals surface area contributed by atoms with Crippen molar-refractivity contribution in [2.45, 2.75) is 38.8 Å². The largest absolute Gasteiger partial charge is 0.398 e. The number of aryl methyl sites for hydroxylation is 1. The first kappa shape index (κ1) is 26.9. The second kappa shape index (κ2) is 12.0. The van der Waals surface area contributed by atoms with Crippen LogP contribution in [0.25, 0.3) is 5.70 Å². The van der Waals surface area contributed by atoms with Gasteiger partial charge in [0.05, 0.1) is 17.7 Å². The highest BCUT2D eigenvalue weighted by atomic mass is 35.5. The first-order valence-electron chi connectivity index (χ1n) is 12.7. The third-order valence-electron chi connectivity index (χ3n) is 7.05. The molecule has 2 N–H and O–H groups in total. The van der Waals surface area contributed by atoms with Gasteiger partial charge in [0.15, 0.2) is 0 Å². The minimum absolute atomic E-state index is 0.103. The number of hydrogen-bond acceptors (Lipinski definition) is 6. The number of aliphatic imine (C=N–C) groups is 1. The first-order chi connectivity index (χ1) is 17.8. The molecule has 4 rings (SSSR count). The summed E-state index contributed by atoms with van der Waals surface area (Å²) >= 11 is 6.42. The molecule has 2 saturated heterocycles. The number of pyridine rings is 1. The van der Waals surface area contributed by atoms with Crippen LogP contribution in [0.2, 0.25) is 5.02 Å². The quantitative estimate of drug-likeness (QED) is 0.417. The fourth-order valence-corrected chi connectivity index (χ4v) is 5.31. The topological polar surface area (TPSA) is 70.2 Å². The van der Waals surface area contributed by atoms with E-state index in [0.717, 1.165) is 49.7 Å². The summed E-state index contributed by atoms with van der Waals surface area (Å²) in [5.74, 6) is 1.95. The lowest BCUT2D eigenvalue weighted by Crippen LogP contribution is -2.54. The van der Waals surface area contributed by atoms with Gasteiger partial charge in [-0.05, 0) is 68.1 Å². The zero-order valence-electron chi connectivity index (χ0n) is 21.8. The molecular formula is C28H36ClFN6O. The Balaban J connectivity index is 1.64. The highest BCUT2D eigenvalue weighted by molar-refractivity contribution is 6.32. The Morgan fingerprint density at radius 3 is 2.81 bits per heavy atom. The Morgan fingerprint density at radius 1 is 1.30 bits per heavy atom. The number of piperazine rings is 1. The number of anilines is 1. The van der Waals surface area contributed by atoms with Crippen LogP contribution in [-0.2, 0) is 4.74 Å². The van der Waals surface area contributed by atoms with Crippen molar-refractivity contribution in [2.75, 3.05) is 44.8 Å². The standard InChI is InChI=1S/C28H36ClFN6O/c1-19-15-22(9-10-25(19)30)26(31)16-27(33-21(3)36-12-6-7-23(36)18-37-4)35-14-13-34(17-20(35)2)28-24(29)8-5-11-32-28/h5,8-11,15-16,20,23H,3,6-7,12-14,17-18,31H2,1-2,4H3/b26-16-,33-27+/t20-,23-/m1/s1. The summed E-state index contributed by atoms with van der Waals surface area (Å²) in [6.45, 7) is 11.9. The summed E-state index contributed by atoms with van der Waals surface area (Å²) in [6.07, 6.45) is 5.75. The van der Waals surface area contributed by atoms with Crippen molar-refractivity contribution < 1.29 is 9.13 Å². The second-order valence-electron chi connectivity index (χ2n) is 9.69. The SMILES string of the molecule is C=C(/N=C(\C=C(/N)c1ccc(F)c(C)c1)N1CCN(c2ncccc2Cl)C[C@H]1C)N1CCC[C@@H]1COC. The van der Waals surface area contributed by atoms with Crippen LogP contribution in [0.4, 0.5) is 10.2 Å². The van der Waals surface area contributed by atoms with Crippen LogP contribution in [-0.4, -0.2) is 72.6 Å². The molecule has 0 unspecified atom stereocenters. The van der Waals surface area contributed by atoms with Gasteiger partial charge in [0.25, 0.3) is 0 Å². The van der Waals surface area contributed by atoms with Crippen LogP contribution in [0.3, 0.4) is 0 Å². The van der Waals surface area contributed by atoms with Crippen molar-refractivity contribution in [3.8, 4) is 0 Å². The Labute approximate surface area is 224 Å². The maximum atomic E-state index is 13.9. The van der Waals surface area contributed by atoms with E-state index in [4.69, 9.17) is 27.1 Å². The number of aromatic nitrogens is 1. The number of halogens is 2. The fraction of sp³-hybridized carbons (Fsp3) is 0.429. The number of nitrogens with two attached hydrogens (primary N) is 1. The monoisotopic (exact) mass is 526 g/mol. The van der Waals surface area contributed by atoms with E-state index in [1.165, 1.54) is 6.07 Å². The van der Waals surface area contributed by atoms with Gasteiger partial charge in [-0.25, -0.2) is 14.4 Å². The summed E-state index contributed by atoms with van der Waals surface area (Å²) in [5, 5.41) is 0.638. The molecule has 2 aliphatic rings. The van der Waals surface area contributed by atoms with Gasteiger partial charge in [-0.1, -0.05) is 18.2 Å². The summed E-state index contributed by atoms with van der Waals surface area (Å²) < 4.78 is 19.3. The van der Waals surface area contributed by atoms with E-state index >= 15 is 0 Å². The van der Waals surface area contributed by atoms with Gasteiger partial charge < -0.3 is 25.2 Å². The van der Waals surface area contributed by atoms with Gasteiger partial charge in [0.1, 0.15) is 23.3 Å². The number of rotatable bonds is 7. The van der Waals surface area contributed by atoms with E-state index in [9.17, 15) is 4.39 Å². The third kappa shape index (κ3) is 6.25. The molecule has 0 bridgehead atoms. The number of ether oxygens (including phenoxy) is 1. The van der Waals surface area contributed by atoms with Crippen molar-refractivity contribution in [3.05, 3.63) is 77.0 Å². The van der Waals surface area contributed by atoms with Crippen molar-refractivity contribution in [3.63, 3.8) is 0 Å². The summed E-state index contributed by atoms with van der Waals surface area (Å²) in [6, 6.07) is 8.95. The second-order valence-corrected chi connectivity index (χ2v) is 10.1.